The van der Waals surface area contributed by atoms with Crippen LogP contribution in [0.25, 0.3) is 5.65 Å². The van der Waals surface area contributed by atoms with Crippen LogP contribution in [0.1, 0.15) is 96.7 Å². The largest absolute Gasteiger partial charge is 0.329 e. The summed E-state index contributed by atoms with van der Waals surface area (Å²) in [5.74, 6) is 0.0749. The number of Topliss-reactive ketones (excluding diaryl/α,β-unsaturated/α-hetero) is 1. The first-order valence-corrected chi connectivity index (χ1v) is 13.8. The molecule has 1 aliphatic heterocycles. The Bertz CT molecular complexity index is 1420. The van der Waals surface area contributed by atoms with Gasteiger partial charge in [0.25, 0.3) is 5.91 Å². The minimum atomic E-state index is -0.0337. The Labute approximate surface area is 223 Å². The first-order chi connectivity index (χ1) is 17.5. The first kappa shape index (κ1) is 26.8. The molecular formula is C29H37N5O2S. The minimum absolute atomic E-state index is 0.0235. The molecule has 1 atom stereocenters. The number of thiophene rings is 1. The monoisotopic (exact) mass is 519 g/mol. The van der Waals surface area contributed by atoms with Crippen molar-refractivity contribution in [1.29, 1.82) is 0 Å². The average molecular weight is 520 g/mol. The van der Waals surface area contributed by atoms with Crippen LogP contribution in [0.2, 0.25) is 0 Å². The van der Waals surface area contributed by atoms with E-state index < -0.39 is 0 Å². The van der Waals surface area contributed by atoms with E-state index in [4.69, 9.17) is 0 Å². The number of fused-ring (bicyclic) bond motifs is 2. The lowest BCUT2D eigenvalue weighted by Gasteiger charge is -2.33. The molecule has 0 saturated carbocycles. The lowest BCUT2D eigenvalue weighted by atomic mass is 9.92. The van der Waals surface area contributed by atoms with E-state index in [0.717, 1.165) is 34.5 Å². The van der Waals surface area contributed by atoms with Gasteiger partial charge in [0.05, 0.1) is 17.9 Å². The maximum Gasteiger partial charge on any atom is 0.273 e. The van der Waals surface area contributed by atoms with Gasteiger partial charge >= 0.3 is 0 Å². The third kappa shape index (κ3) is 5.39. The Hall–Kier alpha value is -3.26. The van der Waals surface area contributed by atoms with Gasteiger partial charge < -0.3 is 4.90 Å². The molecule has 1 unspecified atom stereocenters. The molecule has 7 nitrogen and oxygen atoms in total. The van der Waals surface area contributed by atoms with Gasteiger partial charge in [-0.1, -0.05) is 40.2 Å². The summed E-state index contributed by atoms with van der Waals surface area (Å²) >= 11 is 1.57. The van der Waals surface area contributed by atoms with Gasteiger partial charge in [-0.2, -0.15) is 5.10 Å². The van der Waals surface area contributed by atoms with Gasteiger partial charge in [0, 0.05) is 46.7 Å². The highest BCUT2D eigenvalue weighted by molar-refractivity contribution is 7.10. The Balaban J connectivity index is 0.000000209. The zero-order chi connectivity index (χ0) is 26.9. The SMILES string of the molecule is CC(=O)c1csc2c1CCN(C(=O)c1cnc3ccccn13)C2C.CCCc1cc(C(C)(C)C)nn1C. The number of hydrogen-bond acceptors (Lipinski definition) is 5. The molecule has 0 N–H and O–H groups in total. The highest BCUT2D eigenvalue weighted by Crippen LogP contribution is 2.37. The van der Waals surface area contributed by atoms with Crippen LogP contribution < -0.4 is 0 Å². The summed E-state index contributed by atoms with van der Waals surface area (Å²) in [5, 5.41) is 6.44. The molecule has 196 valence electrons. The molecular weight excluding hydrogens is 482 g/mol. The van der Waals surface area contributed by atoms with Crippen molar-refractivity contribution in [2.45, 2.75) is 72.3 Å². The smallest absolute Gasteiger partial charge is 0.273 e. The molecule has 0 radical (unpaired) electrons. The van der Waals surface area contributed by atoms with Crippen molar-refractivity contribution in [2.75, 3.05) is 6.54 Å². The van der Waals surface area contributed by atoms with Crippen LogP contribution in [0.15, 0.2) is 42.0 Å². The molecule has 5 heterocycles. The van der Waals surface area contributed by atoms with Crippen LogP contribution in [-0.4, -0.2) is 42.3 Å². The number of amides is 1. The van der Waals surface area contributed by atoms with Crippen LogP contribution in [0.3, 0.4) is 0 Å². The first-order valence-electron chi connectivity index (χ1n) is 12.9. The van der Waals surface area contributed by atoms with Gasteiger partial charge in [-0.3, -0.25) is 18.7 Å². The van der Waals surface area contributed by atoms with Gasteiger partial charge in [-0.15, -0.1) is 11.3 Å². The van der Waals surface area contributed by atoms with E-state index in [1.807, 2.05) is 57.7 Å². The fourth-order valence-corrected chi connectivity index (χ4v) is 5.98. The predicted octanol–water partition coefficient (Wildman–Crippen LogP) is 6.03. The fraction of sp³-hybridized carbons (Fsp3) is 0.448. The predicted molar refractivity (Wildman–Crippen MR) is 149 cm³/mol. The van der Waals surface area contributed by atoms with E-state index in [-0.39, 0.29) is 23.1 Å². The van der Waals surface area contributed by atoms with Crippen LogP contribution in [-0.2, 0) is 25.3 Å². The second-order valence-corrected chi connectivity index (χ2v) is 11.6. The molecule has 1 amide bonds. The van der Waals surface area contributed by atoms with Crippen molar-refractivity contribution in [3.05, 3.63) is 75.1 Å². The summed E-state index contributed by atoms with van der Waals surface area (Å²) in [6.07, 6.45) is 6.52. The van der Waals surface area contributed by atoms with Gasteiger partial charge in [0.15, 0.2) is 5.78 Å². The molecule has 5 rings (SSSR count). The van der Waals surface area contributed by atoms with Crippen LogP contribution in [0.4, 0.5) is 0 Å². The molecule has 0 aliphatic carbocycles. The van der Waals surface area contributed by atoms with E-state index >= 15 is 0 Å². The van der Waals surface area contributed by atoms with Crippen molar-refractivity contribution in [3.8, 4) is 0 Å². The third-order valence-corrected chi connectivity index (χ3v) is 8.10. The van der Waals surface area contributed by atoms with Gasteiger partial charge in [-0.25, -0.2) is 4.98 Å². The zero-order valence-electron chi connectivity index (χ0n) is 22.9. The second-order valence-electron chi connectivity index (χ2n) is 10.7. The number of carbonyl (C=O) groups is 2. The number of aromatic nitrogens is 4. The average Bonchev–Trinajstić information content (AvgIpc) is 3.56. The second kappa shape index (κ2) is 10.6. The summed E-state index contributed by atoms with van der Waals surface area (Å²) in [4.78, 5) is 32.1. The molecule has 0 bridgehead atoms. The molecule has 1 aliphatic rings. The molecule has 4 aromatic rings. The van der Waals surface area contributed by atoms with E-state index in [2.05, 4.69) is 43.8 Å². The number of aryl methyl sites for hydroxylation is 2. The summed E-state index contributed by atoms with van der Waals surface area (Å²) < 4.78 is 3.82. The van der Waals surface area contributed by atoms with E-state index in [0.29, 0.717) is 12.2 Å². The fourth-order valence-electron chi connectivity index (χ4n) is 4.75. The number of carbonyl (C=O) groups excluding carboxylic acids is 2. The number of ketones is 1. The minimum Gasteiger partial charge on any atom is -0.329 e. The van der Waals surface area contributed by atoms with E-state index in [1.165, 1.54) is 17.8 Å². The maximum atomic E-state index is 13.0. The van der Waals surface area contributed by atoms with Gasteiger partial charge in [0.1, 0.15) is 11.3 Å². The number of pyridine rings is 1. The zero-order valence-corrected chi connectivity index (χ0v) is 23.7. The number of nitrogens with zero attached hydrogens (tertiary/aromatic N) is 5. The summed E-state index contributed by atoms with van der Waals surface area (Å²) in [7, 11) is 2.03. The molecule has 8 heteroatoms. The number of hydrogen-bond donors (Lipinski definition) is 0. The van der Waals surface area contributed by atoms with Gasteiger partial charge in [0.2, 0.25) is 0 Å². The topological polar surface area (TPSA) is 72.5 Å². The molecule has 0 saturated heterocycles. The van der Waals surface area contributed by atoms with Crippen molar-refractivity contribution < 1.29 is 9.59 Å². The summed E-state index contributed by atoms with van der Waals surface area (Å²) in [6.45, 7) is 13.0. The van der Waals surface area contributed by atoms with E-state index in [9.17, 15) is 9.59 Å². The molecule has 0 fully saturated rings. The molecule has 0 spiro atoms. The van der Waals surface area contributed by atoms with Crippen LogP contribution in [0, 0.1) is 0 Å². The van der Waals surface area contributed by atoms with Crippen molar-refractivity contribution >= 4 is 28.7 Å². The standard InChI is InChI=1S/C18H17N3O2S.C11H20N2/c1-11-17-13(14(10-24-17)12(2)22)6-8-20(11)18(23)15-9-19-16-5-3-4-7-21(15)16;1-6-7-9-8-10(11(2,3)4)12-13(9)5/h3-5,7,9-11H,6,8H2,1-2H3;8H,6-7H2,1-5H3. The Morgan fingerprint density at radius 2 is 1.97 bits per heavy atom. The van der Waals surface area contributed by atoms with Crippen LogP contribution in [0.5, 0.6) is 0 Å². The highest BCUT2D eigenvalue weighted by Gasteiger charge is 2.32. The van der Waals surface area contributed by atoms with Crippen molar-refractivity contribution in [1.82, 2.24) is 24.1 Å². The highest BCUT2D eigenvalue weighted by atomic mass is 32.1. The van der Waals surface area contributed by atoms with Crippen molar-refractivity contribution in [2.24, 2.45) is 7.05 Å². The van der Waals surface area contributed by atoms with Crippen molar-refractivity contribution in [3.63, 3.8) is 0 Å². The Kier molecular flexibility index (Phi) is 7.69. The molecule has 0 aromatic carbocycles. The Morgan fingerprint density at radius 3 is 2.62 bits per heavy atom. The number of imidazole rings is 1. The molecule has 37 heavy (non-hydrogen) atoms. The summed E-state index contributed by atoms with van der Waals surface area (Å²) in [5.41, 5.74) is 5.96. The lowest BCUT2D eigenvalue weighted by molar-refractivity contribution is 0.0674. The normalized spacial score (nSPS) is 15.3. The summed E-state index contributed by atoms with van der Waals surface area (Å²) in [6, 6.07) is 7.87. The Morgan fingerprint density at radius 1 is 1.22 bits per heavy atom. The van der Waals surface area contributed by atoms with Gasteiger partial charge in [-0.05, 0) is 50.5 Å². The van der Waals surface area contributed by atoms with Crippen LogP contribution >= 0.6 is 11.3 Å². The quantitative estimate of drug-likeness (QED) is 0.309. The maximum absolute atomic E-state index is 13.0. The third-order valence-electron chi connectivity index (χ3n) is 6.90. The molecule has 4 aromatic heterocycles. The number of rotatable bonds is 4. The lowest BCUT2D eigenvalue weighted by Crippen LogP contribution is -2.39. The van der Waals surface area contributed by atoms with E-state index in [1.54, 1.807) is 24.5 Å².